The topological polar surface area (TPSA) is 109 Å². The molecule has 0 unspecified atom stereocenters. The van der Waals surface area contributed by atoms with Crippen molar-refractivity contribution in [2.45, 2.75) is 24.7 Å². The van der Waals surface area contributed by atoms with E-state index in [9.17, 15) is 18.0 Å². The van der Waals surface area contributed by atoms with Gasteiger partial charge in [0.05, 0.1) is 17.2 Å². The van der Waals surface area contributed by atoms with Crippen LogP contribution < -0.4 is 15.1 Å². The molecular formula is C23H27N3O5S. The summed E-state index contributed by atoms with van der Waals surface area (Å²) in [6, 6.07) is 11.6. The number of hydrogen-bond donors (Lipinski definition) is 2. The average molecular weight is 458 g/mol. The highest BCUT2D eigenvalue weighted by molar-refractivity contribution is 7.92. The molecule has 32 heavy (non-hydrogen) atoms. The largest absolute Gasteiger partial charge is 0.383 e. The van der Waals surface area contributed by atoms with Gasteiger partial charge in [0.15, 0.2) is 0 Å². The van der Waals surface area contributed by atoms with Crippen LogP contribution in [0.3, 0.4) is 0 Å². The highest BCUT2D eigenvalue weighted by Gasteiger charge is 2.23. The number of ether oxygens (including phenoxy) is 1. The molecule has 8 nitrogen and oxygen atoms in total. The summed E-state index contributed by atoms with van der Waals surface area (Å²) < 4.78 is 32.5. The minimum absolute atomic E-state index is 0.0390. The van der Waals surface area contributed by atoms with Crippen LogP contribution in [-0.2, 0) is 14.8 Å². The summed E-state index contributed by atoms with van der Waals surface area (Å²) in [6.45, 7) is 4.69. The number of amides is 1. The lowest BCUT2D eigenvalue weighted by molar-refractivity contribution is 0.0936. The lowest BCUT2D eigenvalue weighted by Gasteiger charge is -2.20. The van der Waals surface area contributed by atoms with Gasteiger partial charge in [0.2, 0.25) is 5.43 Å². The maximum absolute atomic E-state index is 13.2. The number of hydrogen-bond acceptors (Lipinski definition) is 5. The highest BCUT2D eigenvalue weighted by Crippen LogP contribution is 2.25. The van der Waals surface area contributed by atoms with E-state index >= 15 is 0 Å². The lowest BCUT2D eigenvalue weighted by atomic mass is 10.0. The Kier molecular flexibility index (Phi) is 7.00. The molecule has 0 spiro atoms. The van der Waals surface area contributed by atoms with Crippen LogP contribution in [0.5, 0.6) is 0 Å². The number of fused-ring (bicyclic) bond motifs is 1. The van der Waals surface area contributed by atoms with Crippen LogP contribution in [0.2, 0.25) is 0 Å². The molecule has 2 aromatic carbocycles. The Hall–Kier alpha value is -3.17. The molecule has 2 N–H and O–H groups in total. The Balaban J connectivity index is 1.97. The quantitative estimate of drug-likeness (QED) is 0.506. The molecule has 1 heterocycles. The molecule has 170 valence electrons. The van der Waals surface area contributed by atoms with Crippen molar-refractivity contribution in [1.29, 1.82) is 0 Å². The predicted molar refractivity (Wildman–Crippen MR) is 125 cm³/mol. The fourth-order valence-electron chi connectivity index (χ4n) is 3.25. The number of carbonyl (C=O) groups excluding carboxylic acids is 1. The second-order valence-corrected chi connectivity index (χ2v) is 9.68. The molecule has 0 saturated heterocycles. The maximum Gasteiger partial charge on any atom is 0.264 e. The van der Waals surface area contributed by atoms with Crippen LogP contribution in [0.25, 0.3) is 10.9 Å². The predicted octanol–water partition coefficient (Wildman–Crippen LogP) is 2.85. The van der Waals surface area contributed by atoms with Crippen molar-refractivity contribution in [3.63, 3.8) is 0 Å². The third kappa shape index (κ3) is 4.68. The zero-order valence-corrected chi connectivity index (χ0v) is 19.3. The highest BCUT2D eigenvalue weighted by atomic mass is 32.2. The van der Waals surface area contributed by atoms with Gasteiger partial charge in [0.1, 0.15) is 5.56 Å². The summed E-state index contributed by atoms with van der Waals surface area (Å²) in [5.74, 6) is -0.222. The van der Waals surface area contributed by atoms with Gasteiger partial charge < -0.3 is 15.0 Å². The molecule has 0 fully saturated rings. The Morgan fingerprint density at radius 2 is 1.84 bits per heavy atom. The van der Waals surface area contributed by atoms with Crippen molar-refractivity contribution >= 4 is 32.5 Å². The zero-order valence-electron chi connectivity index (χ0n) is 18.5. The molecule has 0 aliphatic rings. The molecule has 9 heteroatoms. The summed E-state index contributed by atoms with van der Waals surface area (Å²) in [4.78, 5) is 28.1. The summed E-state index contributed by atoms with van der Waals surface area (Å²) in [7, 11) is -0.948. The molecule has 1 aromatic heterocycles. The third-order valence-corrected chi connectivity index (χ3v) is 7.05. The molecule has 0 aliphatic carbocycles. The van der Waals surface area contributed by atoms with Gasteiger partial charge in [0.25, 0.3) is 15.9 Å². The summed E-state index contributed by atoms with van der Waals surface area (Å²) in [5.41, 5.74) is 1.41. The number of nitrogens with zero attached hydrogens (tertiary/aromatic N) is 1. The van der Waals surface area contributed by atoms with Crippen LogP contribution in [0, 0.1) is 0 Å². The summed E-state index contributed by atoms with van der Waals surface area (Å²) in [5, 5.41) is 2.71. The second-order valence-electron chi connectivity index (χ2n) is 7.71. The first-order chi connectivity index (χ1) is 15.2. The van der Waals surface area contributed by atoms with E-state index in [2.05, 4.69) is 24.1 Å². The van der Waals surface area contributed by atoms with Crippen molar-refractivity contribution in [3.8, 4) is 0 Å². The van der Waals surface area contributed by atoms with Gasteiger partial charge in [-0.25, -0.2) is 8.42 Å². The fourth-order valence-corrected chi connectivity index (χ4v) is 4.48. The van der Waals surface area contributed by atoms with Crippen molar-refractivity contribution in [2.24, 2.45) is 0 Å². The van der Waals surface area contributed by atoms with E-state index in [4.69, 9.17) is 4.74 Å². The smallest absolute Gasteiger partial charge is 0.264 e. The molecule has 0 radical (unpaired) electrons. The van der Waals surface area contributed by atoms with Gasteiger partial charge in [-0.3, -0.25) is 13.9 Å². The van der Waals surface area contributed by atoms with Gasteiger partial charge in [-0.1, -0.05) is 26.0 Å². The van der Waals surface area contributed by atoms with E-state index in [-0.39, 0.29) is 22.4 Å². The number of aromatic amines is 1. The fraction of sp³-hybridized carbons (Fsp3) is 0.304. The van der Waals surface area contributed by atoms with Crippen LogP contribution >= 0.6 is 0 Å². The van der Waals surface area contributed by atoms with Crippen LogP contribution in [-0.4, -0.2) is 46.6 Å². The third-order valence-electron chi connectivity index (χ3n) is 5.27. The summed E-state index contributed by atoms with van der Waals surface area (Å²) in [6.07, 6.45) is 1.32. The van der Waals surface area contributed by atoms with E-state index < -0.39 is 21.4 Å². The summed E-state index contributed by atoms with van der Waals surface area (Å²) >= 11 is 0. The normalized spacial score (nSPS) is 11.7. The maximum atomic E-state index is 13.2. The number of methoxy groups -OCH3 is 1. The van der Waals surface area contributed by atoms with Gasteiger partial charge in [-0.2, -0.15) is 0 Å². The molecule has 0 saturated carbocycles. The molecule has 0 atom stereocenters. The zero-order chi connectivity index (χ0) is 23.5. The Bertz CT molecular complexity index is 1280. The first-order valence-corrected chi connectivity index (χ1v) is 11.6. The molecule has 0 aliphatic heterocycles. The minimum Gasteiger partial charge on any atom is -0.383 e. The number of anilines is 1. The molecule has 0 bridgehead atoms. The number of pyridine rings is 1. The molecule has 3 rings (SSSR count). The van der Waals surface area contributed by atoms with Gasteiger partial charge in [-0.05, 0) is 41.8 Å². The minimum atomic E-state index is -3.92. The van der Waals surface area contributed by atoms with Crippen molar-refractivity contribution in [2.75, 3.05) is 31.6 Å². The monoisotopic (exact) mass is 457 g/mol. The van der Waals surface area contributed by atoms with Gasteiger partial charge in [-0.15, -0.1) is 0 Å². The first kappa shape index (κ1) is 23.5. The Morgan fingerprint density at radius 3 is 2.47 bits per heavy atom. The number of rotatable bonds is 8. The number of aromatic nitrogens is 1. The van der Waals surface area contributed by atoms with E-state index in [1.165, 1.54) is 42.9 Å². The number of carbonyl (C=O) groups is 1. The van der Waals surface area contributed by atoms with Crippen LogP contribution in [0.1, 0.15) is 35.7 Å². The van der Waals surface area contributed by atoms with E-state index in [0.717, 1.165) is 5.56 Å². The van der Waals surface area contributed by atoms with Crippen molar-refractivity contribution in [1.82, 2.24) is 10.3 Å². The van der Waals surface area contributed by atoms with Gasteiger partial charge in [0, 0.05) is 37.8 Å². The first-order valence-electron chi connectivity index (χ1n) is 10.2. The molecule has 1 amide bonds. The van der Waals surface area contributed by atoms with Crippen LogP contribution in [0.15, 0.2) is 58.4 Å². The number of benzene rings is 2. The van der Waals surface area contributed by atoms with Crippen molar-refractivity contribution in [3.05, 3.63) is 70.0 Å². The molecule has 3 aromatic rings. The standard InChI is InChI=1S/C23H27N3O5S/c1-15(2)16-5-7-17(8-6-16)26(3)32(29,30)18-9-10-21-19(13-18)22(27)20(14-25-21)23(28)24-11-12-31-4/h5-10,13-15H,11-12H2,1-4H3,(H,24,28)(H,25,27). The van der Waals surface area contributed by atoms with E-state index in [1.54, 1.807) is 12.1 Å². The van der Waals surface area contributed by atoms with Gasteiger partial charge >= 0.3 is 0 Å². The van der Waals surface area contributed by atoms with Crippen molar-refractivity contribution < 1.29 is 17.9 Å². The number of sulfonamides is 1. The molecular weight excluding hydrogens is 430 g/mol. The number of H-pyrrole nitrogens is 1. The lowest BCUT2D eigenvalue weighted by Crippen LogP contribution is -2.31. The van der Waals surface area contributed by atoms with E-state index in [1.807, 2.05) is 12.1 Å². The Labute approximate surface area is 187 Å². The second kappa shape index (κ2) is 9.54. The van der Waals surface area contributed by atoms with Crippen LogP contribution in [0.4, 0.5) is 5.69 Å². The average Bonchev–Trinajstić information content (AvgIpc) is 2.78. The van der Waals surface area contributed by atoms with E-state index in [0.29, 0.717) is 23.7 Å². The SMILES string of the molecule is COCCNC(=O)c1c[nH]c2ccc(S(=O)(=O)N(C)c3ccc(C(C)C)cc3)cc2c1=O. The number of nitrogens with one attached hydrogen (secondary N) is 2. The Morgan fingerprint density at radius 1 is 1.16 bits per heavy atom.